The highest BCUT2D eigenvalue weighted by molar-refractivity contribution is 7.90. The third kappa shape index (κ3) is 3.16. The van der Waals surface area contributed by atoms with Gasteiger partial charge >= 0.3 is 0 Å². The van der Waals surface area contributed by atoms with Crippen LogP contribution in [0.15, 0.2) is 12.1 Å². The summed E-state index contributed by atoms with van der Waals surface area (Å²) < 4.78 is 29.2. The Morgan fingerprint density at radius 1 is 1.39 bits per heavy atom. The Balaban J connectivity index is 2.24. The molecule has 1 aliphatic rings. The minimum absolute atomic E-state index is 0.0230. The molecule has 0 aliphatic carbocycles. The topological polar surface area (TPSA) is 63.6 Å². The third-order valence-corrected chi connectivity index (χ3v) is 4.69. The van der Waals surface area contributed by atoms with Gasteiger partial charge in [-0.2, -0.15) is 0 Å². The summed E-state index contributed by atoms with van der Waals surface area (Å²) in [7, 11) is -3.23. The van der Waals surface area contributed by atoms with Gasteiger partial charge in [-0.15, -0.1) is 0 Å². The predicted molar refractivity (Wildman–Crippen MR) is 69.8 cm³/mol. The van der Waals surface area contributed by atoms with Crippen molar-refractivity contribution >= 4 is 21.4 Å². The molecule has 0 saturated heterocycles. The standard InChI is InChI=1S/C12H15ClO4S/c13-11-6-9-2-4-17-12(9)10(7-11)8-18(15,16)5-1-3-14/h6-7,14H,1-5,8H2. The second-order valence-electron chi connectivity index (χ2n) is 4.32. The minimum Gasteiger partial charge on any atom is -0.493 e. The maximum atomic E-state index is 11.9. The van der Waals surface area contributed by atoms with Crippen LogP contribution in [0.25, 0.3) is 0 Å². The van der Waals surface area contributed by atoms with Crippen molar-refractivity contribution in [1.29, 1.82) is 0 Å². The number of benzene rings is 1. The molecule has 4 nitrogen and oxygen atoms in total. The lowest BCUT2D eigenvalue weighted by molar-refractivity contribution is 0.295. The number of hydrogen-bond acceptors (Lipinski definition) is 4. The van der Waals surface area contributed by atoms with Crippen molar-refractivity contribution < 1.29 is 18.3 Å². The lowest BCUT2D eigenvalue weighted by Crippen LogP contribution is -2.11. The van der Waals surface area contributed by atoms with E-state index in [-0.39, 0.29) is 24.5 Å². The van der Waals surface area contributed by atoms with E-state index in [4.69, 9.17) is 21.4 Å². The SMILES string of the molecule is O=S(=O)(CCCO)Cc1cc(Cl)cc2c1OCC2. The molecule has 6 heteroatoms. The van der Waals surface area contributed by atoms with E-state index in [1.54, 1.807) is 6.07 Å². The van der Waals surface area contributed by atoms with Gasteiger partial charge in [0.05, 0.1) is 18.1 Å². The highest BCUT2D eigenvalue weighted by Crippen LogP contribution is 2.34. The normalized spacial score (nSPS) is 14.3. The van der Waals surface area contributed by atoms with Gasteiger partial charge in [-0.3, -0.25) is 0 Å². The van der Waals surface area contributed by atoms with E-state index in [0.29, 0.717) is 22.9 Å². The fraction of sp³-hybridized carbons (Fsp3) is 0.500. The van der Waals surface area contributed by atoms with E-state index < -0.39 is 9.84 Å². The van der Waals surface area contributed by atoms with Crippen molar-refractivity contribution in [3.8, 4) is 5.75 Å². The monoisotopic (exact) mass is 290 g/mol. The molecule has 0 fully saturated rings. The predicted octanol–water partition coefficient (Wildman–Crippen LogP) is 1.57. The minimum atomic E-state index is -3.23. The largest absolute Gasteiger partial charge is 0.493 e. The van der Waals surface area contributed by atoms with E-state index in [1.165, 1.54) is 0 Å². The fourth-order valence-electron chi connectivity index (χ4n) is 2.05. The van der Waals surface area contributed by atoms with Crippen molar-refractivity contribution in [1.82, 2.24) is 0 Å². The zero-order valence-electron chi connectivity index (χ0n) is 9.86. The van der Waals surface area contributed by atoms with Gasteiger partial charge in [-0.25, -0.2) is 8.42 Å². The third-order valence-electron chi connectivity index (χ3n) is 2.81. The summed E-state index contributed by atoms with van der Waals surface area (Å²) in [6.45, 7) is 0.447. The molecule has 1 aliphatic heterocycles. The van der Waals surface area contributed by atoms with Crippen LogP contribution in [0.3, 0.4) is 0 Å². The highest BCUT2D eigenvalue weighted by Gasteiger charge is 2.21. The molecule has 0 unspecified atom stereocenters. The van der Waals surface area contributed by atoms with Crippen molar-refractivity contribution in [3.63, 3.8) is 0 Å². The summed E-state index contributed by atoms with van der Waals surface area (Å²) >= 11 is 5.97. The molecule has 2 rings (SSSR count). The first-order valence-corrected chi connectivity index (χ1v) is 7.97. The first kappa shape index (κ1) is 13.6. The number of sulfone groups is 1. The fourth-order valence-corrected chi connectivity index (χ4v) is 3.71. The molecule has 1 heterocycles. The van der Waals surface area contributed by atoms with Crippen molar-refractivity contribution in [3.05, 3.63) is 28.3 Å². The van der Waals surface area contributed by atoms with Crippen LogP contribution >= 0.6 is 11.6 Å². The van der Waals surface area contributed by atoms with Crippen molar-refractivity contribution in [2.24, 2.45) is 0 Å². The Morgan fingerprint density at radius 2 is 2.17 bits per heavy atom. The molecular formula is C12H15ClO4S. The number of aliphatic hydroxyl groups excluding tert-OH is 1. The lowest BCUT2D eigenvalue weighted by Gasteiger charge is -2.09. The Hall–Kier alpha value is -0.780. The number of rotatable bonds is 5. The molecule has 1 aromatic rings. The van der Waals surface area contributed by atoms with Crippen LogP contribution in [0.2, 0.25) is 5.02 Å². The van der Waals surface area contributed by atoms with Gasteiger partial charge in [-0.05, 0) is 24.1 Å². The van der Waals surface area contributed by atoms with Gasteiger partial charge in [0.25, 0.3) is 0 Å². The molecule has 1 aromatic carbocycles. The van der Waals surface area contributed by atoms with Gasteiger partial charge < -0.3 is 9.84 Å². The van der Waals surface area contributed by atoms with E-state index in [2.05, 4.69) is 0 Å². The second-order valence-corrected chi connectivity index (χ2v) is 6.94. The molecular weight excluding hydrogens is 276 g/mol. The lowest BCUT2D eigenvalue weighted by atomic mass is 10.1. The molecule has 0 radical (unpaired) electrons. The van der Waals surface area contributed by atoms with Gasteiger partial charge in [0.1, 0.15) is 5.75 Å². The number of fused-ring (bicyclic) bond motifs is 1. The smallest absolute Gasteiger partial charge is 0.154 e. The number of halogens is 1. The maximum Gasteiger partial charge on any atom is 0.154 e. The molecule has 0 saturated carbocycles. The zero-order valence-corrected chi connectivity index (χ0v) is 11.4. The van der Waals surface area contributed by atoms with Crippen molar-refractivity contribution in [2.45, 2.75) is 18.6 Å². The Morgan fingerprint density at radius 3 is 2.89 bits per heavy atom. The van der Waals surface area contributed by atoms with Gasteiger partial charge in [0.15, 0.2) is 9.84 Å². The summed E-state index contributed by atoms with van der Waals surface area (Å²) in [4.78, 5) is 0. The number of aliphatic hydroxyl groups is 1. The Bertz CT molecular complexity index is 539. The van der Waals surface area contributed by atoms with E-state index in [1.807, 2.05) is 6.07 Å². The Labute approximate surface area is 111 Å². The van der Waals surface area contributed by atoms with Crippen LogP contribution in [-0.2, 0) is 22.0 Å². The zero-order chi connectivity index (χ0) is 13.2. The molecule has 0 amide bonds. The molecule has 0 spiro atoms. The first-order chi connectivity index (χ1) is 8.52. The maximum absolute atomic E-state index is 11.9. The molecule has 0 bridgehead atoms. The summed E-state index contributed by atoms with van der Waals surface area (Å²) in [5.74, 6) is 0.549. The summed E-state index contributed by atoms with van der Waals surface area (Å²) in [6, 6.07) is 3.45. The van der Waals surface area contributed by atoms with Gasteiger partial charge in [-0.1, -0.05) is 11.6 Å². The van der Waals surface area contributed by atoms with Crippen LogP contribution in [0.1, 0.15) is 17.5 Å². The molecule has 100 valence electrons. The summed E-state index contributed by atoms with van der Waals surface area (Å²) in [6.07, 6.45) is 1.02. The van der Waals surface area contributed by atoms with Crippen LogP contribution in [0.5, 0.6) is 5.75 Å². The van der Waals surface area contributed by atoms with Gasteiger partial charge in [0, 0.05) is 23.6 Å². The summed E-state index contributed by atoms with van der Waals surface area (Å²) in [5.41, 5.74) is 1.59. The second kappa shape index (κ2) is 5.47. The average Bonchev–Trinajstić information content (AvgIpc) is 2.74. The number of ether oxygens (including phenoxy) is 1. The molecule has 1 N–H and O–H groups in total. The van der Waals surface area contributed by atoms with Crippen LogP contribution in [-0.4, -0.2) is 32.5 Å². The van der Waals surface area contributed by atoms with E-state index in [9.17, 15) is 8.42 Å². The Kier molecular flexibility index (Phi) is 4.14. The van der Waals surface area contributed by atoms with Crippen LogP contribution in [0, 0.1) is 0 Å². The average molecular weight is 291 g/mol. The molecule has 18 heavy (non-hydrogen) atoms. The summed E-state index contributed by atoms with van der Waals surface area (Å²) in [5, 5.41) is 9.22. The van der Waals surface area contributed by atoms with Crippen LogP contribution < -0.4 is 4.74 Å². The number of hydrogen-bond donors (Lipinski definition) is 1. The first-order valence-electron chi connectivity index (χ1n) is 5.77. The van der Waals surface area contributed by atoms with E-state index >= 15 is 0 Å². The van der Waals surface area contributed by atoms with Crippen molar-refractivity contribution in [2.75, 3.05) is 19.0 Å². The van der Waals surface area contributed by atoms with Crippen LogP contribution in [0.4, 0.5) is 0 Å². The highest BCUT2D eigenvalue weighted by atomic mass is 35.5. The molecule has 0 aromatic heterocycles. The van der Waals surface area contributed by atoms with E-state index in [0.717, 1.165) is 12.0 Å². The quantitative estimate of drug-likeness (QED) is 0.894. The van der Waals surface area contributed by atoms with Gasteiger partial charge in [0.2, 0.25) is 0 Å². The molecule has 0 atom stereocenters.